The van der Waals surface area contributed by atoms with Crippen LogP contribution in [0.15, 0.2) is 18.5 Å². The van der Waals surface area contributed by atoms with Crippen LogP contribution in [0.5, 0.6) is 0 Å². The third kappa shape index (κ3) is 1.46. The fraction of sp³-hybridized carbons (Fsp3) is 0.143. The molecule has 0 aliphatic rings. The van der Waals surface area contributed by atoms with Gasteiger partial charge in [-0.05, 0) is 6.92 Å². The van der Waals surface area contributed by atoms with Gasteiger partial charge in [0.2, 0.25) is 0 Å². The van der Waals surface area contributed by atoms with Crippen LogP contribution < -0.4 is 0 Å². The molecule has 0 atom stereocenters. The Morgan fingerprint density at radius 3 is 2.91 bits per heavy atom. The van der Waals surface area contributed by atoms with Crippen LogP contribution in [0.25, 0.3) is 5.57 Å². The average Bonchev–Trinajstić information content (AvgIpc) is 2.40. The van der Waals surface area contributed by atoms with E-state index in [-0.39, 0.29) is 5.57 Å². The second kappa shape index (κ2) is 3.01. The molecule has 0 aromatic carbocycles. The van der Waals surface area contributed by atoms with Crippen molar-refractivity contribution in [3.8, 4) is 0 Å². The van der Waals surface area contributed by atoms with Crippen molar-refractivity contribution >= 4 is 11.5 Å². The predicted molar refractivity (Wildman–Crippen MR) is 39.9 cm³/mol. The summed E-state index contributed by atoms with van der Waals surface area (Å²) in [4.78, 5) is 17.0. The molecule has 4 heteroatoms. The van der Waals surface area contributed by atoms with Crippen LogP contribution in [0.1, 0.15) is 12.7 Å². The molecule has 0 radical (unpaired) electrons. The molecule has 1 aromatic rings. The molecular weight excluding hydrogens is 144 g/mol. The number of imidazole rings is 1. The van der Waals surface area contributed by atoms with Gasteiger partial charge in [0.25, 0.3) is 0 Å². The van der Waals surface area contributed by atoms with Gasteiger partial charge in [0.05, 0.1) is 5.57 Å². The second-order valence-corrected chi connectivity index (χ2v) is 1.95. The maximum atomic E-state index is 10.5. The topological polar surface area (TPSA) is 66.0 Å². The smallest absolute Gasteiger partial charge is 0.339 e. The molecule has 0 fully saturated rings. The van der Waals surface area contributed by atoms with Crippen LogP contribution in [-0.4, -0.2) is 21.0 Å². The lowest BCUT2D eigenvalue weighted by Crippen LogP contribution is -2.00. The van der Waals surface area contributed by atoms with E-state index in [9.17, 15) is 4.79 Å². The molecule has 1 aromatic heterocycles. The van der Waals surface area contributed by atoms with Gasteiger partial charge in [-0.15, -0.1) is 0 Å². The number of allylic oxidation sites excluding steroid dienone is 1. The first kappa shape index (κ1) is 7.53. The highest BCUT2D eigenvalue weighted by Gasteiger charge is 2.09. The summed E-state index contributed by atoms with van der Waals surface area (Å²) in [5.41, 5.74) is 0.190. The number of nitrogens with one attached hydrogen (secondary N) is 1. The molecule has 0 spiro atoms. The number of carbonyl (C=O) groups is 1. The third-order valence-corrected chi connectivity index (χ3v) is 1.27. The molecule has 58 valence electrons. The maximum absolute atomic E-state index is 10.5. The lowest BCUT2D eigenvalue weighted by molar-refractivity contribution is -0.130. The first-order chi connectivity index (χ1) is 5.25. The van der Waals surface area contributed by atoms with Crippen molar-refractivity contribution in [1.29, 1.82) is 0 Å². The number of nitrogens with zero attached hydrogens (tertiary/aromatic N) is 1. The molecule has 0 aliphatic carbocycles. The Balaban J connectivity index is 2.99. The molecule has 0 saturated heterocycles. The number of rotatable bonds is 2. The van der Waals surface area contributed by atoms with E-state index in [1.54, 1.807) is 13.1 Å². The number of carboxylic acid groups (broad SMARTS) is 1. The van der Waals surface area contributed by atoms with E-state index < -0.39 is 5.97 Å². The average molecular weight is 152 g/mol. The Kier molecular flexibility index (Phi) is 2.06. The normalized spacial score (nSPS) is 11.5. The molecule has 0 aliphatic heterocycles. The Bertz CT molecular complexity index is 275. The summed E-state index contributed by atoms with van der Waals surface area (Å²) in [5.74, 6) is -0.581. The molecule has 4 nitrogen and oxygen atoms in total. The van der Waals surface area contributed by atoms with Gasteiger partial charge in [-0.25, -0.2) is 9.78 Å². The monoisotopic (exact) mass is 152 g/mol. The molecule has 1 rings (SSSR count). The van der Waals surface area contributed by atoms with Crippen LogP contribution >= 0.6 is 0 Å². The van der Waals surface area contributed by atoms with Crippen LogP contribution in [0.4, 0.5) is 0 Å². The number of hydrogen-bond acceptors (Lipinski definition) is 2. The summed E-state index contributed by atoms with van der Waals surface area (Å²) in [7, 11) is 0. The van der Waals surface area contributed by atoms with Crippen molar-refractivity contribution in [2.75, 3.05) is 0 Å². The summed E-state index contributed by atoms with van der Waals surface area (Å²) in [5, 5.41) is 8.62. The fourth-order valence-corrected chi connectivity index (χ4v) is 0.774. The predicted octanol–water partition coefficient (Wildman–Crippen LogP) is 0.898. The summed E-state index contributed by atoms with van der Waals surface area (Å²) in [6.45, 7) is 1.66. The van der Waals surface area contributed by atoms with Gasteiger partial charge in [-0.3, -0.25) is 0 Å². The third-order valence-electron chi connectivity index (χ3n) is 1.27. The number of carboxylic acids is 1. The molecule has 0 unspecified atom stereocenters. The zero-order chi connectivity index (χ0) is 8.27. The van der Waals surface area contributed by atoms with E-state index in [2.05, 4.69) is 9.97 Å². The Hall–Kier alpha value is -1.58. The SMILES string of the molecule is CC=C(C(=O)O)c1ncc[nH]1. The summed E-state index contributed by atoms with van der Waals surface area (Å²) >= 11 is 0. The van der Waals surface area contributed by atoms with Crippen molar-refractivity contribution in [3.05, 3.63) is 24.3 Å². The summed E-state index contributed by atoms with van der Waals surface area (Å²) in [6.07, 6.45) is 4.60. The minimum absolute atomic E-state index is 0.190. The molecule has 0 saturated carbocycles. The summed E-state index contributed by atoms with van der Waals surface area (Å²) < 4.78 is 0. The molecule has 0 bridgehead atoms. The zero-order valence-electron chi connectivity index (χ0n) is 6.03. The summed E-state index contributed by atoms with van der Waals surface area (Å²) in [6, 6.07) is 0. The minimum atomic E-state index is -0.970. The van der Waals surface area contributed by atoms with E-state index in [1.165, 1.54) is 12.3 Å². The Morgan fingerprint density at radius 2 is 2.55 bits per heavy atom. The lowest BCUT2D eigenvalue weighted by Gasteiger charge is -1.93. The Morgan fingerprint density at radius 1 is 1.82 bits per heavy atom. The highest BCUT2D eigenvalue weighted by molar-refractivity contribution is 6.13. The van der Waals surface area contributed by atoms with Gasteiger partial charge in [0.15, 0.2) is 0 Å². The minimum Gasteiger partial charge on any atom is -0.478 e. The Labute approximate surface area is 63.6 Å². The zero-order valence-corrected chi connectivity index (χ0v) is 6.03. The van der Waals surface area contributed by atoms with Gasteiger partial charge in [-0.1, -0.05) is 6.08 Å². The van der Waals surface area contributed by atoms with Gasteiger partial charge >= 0.3 is 5.97 Å². The number of H-pyrrole nitrogens is 1. The molecule has 2 N–H and O–H groups in total. The van der Waals surface area contributed by atoms with Gasteiger partial charge in [0, 0.05) is 12.4 Å². The van der Waals surface area contributed by atoms with E-state index in [4.69, 9.17) is 5.11 Å². The highest BCUT2D eigenvalue weighted by atomic mass is 16.4. The largest absolute Gasteiger partial charge is 0.478 e. The number of aliphatic carboxylic acids is 1. The van der Waals surface area contributed by atoms with E-state index in [0.717, 1.165) is 0 Å². The quantitative estimate of drug-likeness (QED) is 0.618. The van der Waals surface area contributed by atoms with Crippen LogP contribution in [-0.2, 0) is 4.79 Å². The number of aromatic amines is 1. The number of hydrogen-bond donors (Lipinski definition) is 2. The van der Waals surface area contributed by atoms with Crippen molar-refractivity contribution in [3.63, 3.8) is 0 Å². The van der Waals surface area contributed by atoms with E-state index in [1.807, 2.05) is 0 Å². The lowest BCUT2D eigenvalue weighted by atomic mass is 10.2. The van der Waals surface area contributed by atoms with E-state index >= 15 is 0 Å². The van der Waals surface area contributed by atoms with Crippen molar-refractivity contribution in [2.24, 2.45) is 0 Å². The van der Waals surface area contributed by atoms with Crippen LogP contribution in [0.2, 0.25) is 0 Å². The fourth-order valence-electron chi connectivity index (χ4n) is 0.774. The standard InChI is InChI=1S/C7H8N2O2/c1-2-5(7(10)11)6-8-3-4-9-6/h2-4H,1H3,(H,8,9)(H,10,11). The van der Waals surface area contributed by atoms with Crippen LogP contribution in [0.3, 0.4) is 0 Å². The molecule has 1 heterocycles. The first-order valence-corrected chi connectivity index (χ1v) is 3.15. The number of aromatic nitrogens is 2. The van der Waals surface area contributed by atoms with Gasteiger partial charge in [-0.2, -0.15) is 0 Å². The second-order valence-electron chi connectivity index (χ2n) is 1.95. The molecular formula is C7H8N2O2. The van der Waals surface area contributed by atoms with Gasteiger partial charge in [0.1, 0.15) is 5.82 Å². The maximum Gasteiger partial charge on any atom is 0.339 e. The molecule has 11 heavy (non-hydrogen) atoms. The molecule has 0 amide bonds. The van der Waals surface area contributed by atoms with Gasteiger partial charge < -0.3 is 10.1 Å². The van der Waals surface area contributed by atoms with Crippen molar-refractivity contribution < 1.29 is 9.90 Å². The van der Waals surface area contributed by atoms with Crippen molar-refractivity contribution in [1.82, 2.24) is 9.97 Å². The van der Waals surface area contributed by atoms with E-state index in [0.29, 0.717) is 5.82 Å². The highest BCUT2D eigenvalue weighted by Crippen LogP contribution is 2.07. The first-order valence-electron chi connectivity index (χ1n) is 3.15. The van der Waals surface area contributed by atoms with Crippen LogP contribution in [0, 0.1) is 0 Å². The van der Waals surface area contributed by atoms with Crippen molar-refractivity contribution in [2.45, 2.75) is 6.92 Å².